The molecule has 5 heteroatoms. The van der Waals surface area contributed by atoms with Crippen molar-refractivity contribution in [2.75, 3.05) is 13.1 Å². The van der Waals surface area contributed by atoms with Crippen molar-refractivity contribution >= 4 is 23.2 Å². The minimum absolute atomic E-state index is 0.0276. The van der Waals surface area contributed by atoms with Gasteiger partial charge < -0.3 is 15.1 Å². The van der Waals surface area contributed by atoms with Crippen molar-refractivity contribution in [3.8, 4) is 0 Å². The van der Waals surface area contributed by atoms with E-state index in [0.717, 1.165) is 23.6 Å². The summed E-state index contributed by atoms with van der Waals surface area (Å²) in [4.78, 5) is 16.7. The molecule has 2 rings (SSSR count). The molecule has 0 bridgehead atoms. The van der Waals surface area contributed by atoms with Crippen LogP contribution < -0.4 is 5.32 Å². The lowest BCUT2D eigenvalue weighted by Gasteiger charge is -2.44. The Hall–Kier alpha value is -1.62. The summed E-state index contributed by atoms with van der Waals surface area (Å²) in [5.74, 6) is 0.182. The van der Waals surface area contributed by atoms with E-state index in [4.69, 9.17) is 12.2 Å². The first kappa shape index (κ1) is 18.7. The summed E-state index contributed by atoms with van der Waals surface area (Å²) < 4.78 is 0. The fourth-order valence-electron chi connectivity index (χ4n) is 3.34. The fourth-order valence-corrected chi connectivity index (χ4v) is 3.89. The molecule has 0 aromatic heterocycles. The van der Waals surface area contributed by atoms with E-state index in [1.54, 1.807) is 0 Å². The van der Waals surface area contributed by atoms with Gasteiger partial charge in [-0.05, 0) is 51.9 Å². The van der Waals surface area contributed by atoms with Gasteiger partial charge in [-0.25, -0.2) is 0 Å². The number of benzene rings is 1. The first-order valence-corrected chi connectivity index (χ1v) is 9.13. The maximum Gasteiger partial charge on any atom is 0.224 e. The molecule has 1 saturated heterocycles. The van der Waals surface area contributed by atoms with E-state index >= 15 is 0 Å². The van der Waals surface area contributed by atoms with Crippen molar-refractivity contribution in [1.82, 2.24) is 15.1 Å². The van der Waals surface area contributed by atoms with Crippen LogP contribution in [-0.4, -0.2) is 45.5 Å². The van der Waals surface area contributed by atoms with Crippen LogP contribution in [0.15, 0.2) is 30.3 Å². The highest BCUT2D eigenvalue weighted by molar-refractivity contribution is 7.80. The van der Waals surface area contributed by atoms with Gasteiger partial charge in [0.15, 0.2) is 5.11 Å². The molecule has 0 aliphatic carbocycles. The quantitative estimate of drug-likeness (QED) is 0.802. The molecule has 1 aliphatic rings. The Morgan fingerprint density at radius 2 is 2.04 bits per heavy atom. The van der Waals surface area contributed by atoms with Crippen LogP contribution in [0.3, 0.4) is 0 Å². The zero-order valence-corrected chi connectivity index (χ0v) is 16.0. The second kappa shape index (κ2) is 7.97. The summed E-state index contributed by atoms with van der Waals surface area (Å²) in [6, 6.07) is 10.5. The van der Waals surface area contributed by atoms with Crippen LogP contribution in [0.4, 0.5) is 0 Å². The molecule has 1 aromatic carbocycles. The Labute approximate surface area is 151 Å². The molecule has 24 heavy (non-hydrogen) atoms. The smallest absolute Gasteiger partial charge is 0.224 e. The van der Waals surface area contributed by atoms with E-state index in [-0.39, 0.29) is 11.4 Å². The summed E-state index contributed by atoms with van der Waals surface area (Å²) in [6.45, 7) is 10.6. The highest BCUT2D eigenvalue weighted by atomic mass is 32.1. The van der Waals surface area contributed by atoms with Crippen molar-refractivity contribution in [3.05, 3.63) is 35.9 Å². The predicted octanol–water partition coefficient (Wildman–Crippen LogP) is 3.17. The Morgan fingerprint density at radius 1 is 1.38 bits per heavy atom. The fraction of sp³-hybridized carbons (Fsp3) is 0.579. The number of nitrogens with zero attached hydrogens (tertiary/aromatic N) is 2. The molecule has 0 unspecified atom stereocenters. The van der Waals surface area contributed by atoms with Gasteiger partial charge in [-0.2, -0.15) is 0 Å². The van der Waals surface area contributed by atoms with Crippen LogP contribution in [0.1, 0.15) is 46.1 Å². The monoisotopic (exact) mass is 347 g/mol. The molecule has 1 amide bonds. The van der Waals surface area contributed by atoms with Gasteiger partial charge in [-0.15, -0.1) is 0 Å². The van der Waals surface area contributed by atoms with Crippen LogP contribution in [0, 0.1) is 0 Å². The molecule has 1 aromatic rings. The van der Waals surface area contributed by atoms with Crippen molar-refractivity contribution < 1.29 is 4.79 Å². The second-order valence-electron chi connectivity index (χ2n) is 7.20. The van der Waals surface area contributed by atoms with Crippen LogP contribution >= 0.6 is 12.2 Å². The third-order valence-electron chi connectivity index (χ3n) is 4.56. The van der Waals surface area contributed by atoms with Gasteiger partial charge in [0.05, 0.1) is 0 Å². The summed E-state index contributed by atoms with van der Waals surface area (Å²) in [6.07, 6.45) is 1.51. The highest BCUT2D eigenvalue weighted by Crippen LogP contribution is 2.22. The maximum absolute atomic E-state index is 12.6. The van der Waals surface area contributed by atoms with E-state index in [0.29, 0.717) is 25.6 Å². The van der Waals surface area contributed by atoms with E-state index in [2.05, 4.69) is 43.1 Å². The molecule has 1 aliphatic heterocycles. The molecule has 4 nitrogen and oxygen atoms in total. The molecule has 132 valence electrons. The molecule has 1 heterocycles. The number of rotatable bonds is 6. The van der Waals surface area contributed by atoms with Gasteiger partial charge in [0.25, 0.3) is 0 Å². The molecular weight excluding hydrogens is 318 g/mol. The van der Waals surface area contributed by atoms with Crippen LogP contribution in [-0.2, 0) is 11.3 Å². The predicted molar refractivity (Wildman–Crippen MR) is 103 cm³/mol. The molecule has 1 fully saturated rings. The third-order valence-corrected chi connectivity index (χ3v) is 4.90. The molecule has 0 saturated carbocycles. The molecule has 1 N–H and O–H groups in total. The van der Waals surface area contributed by atoms with Gasteiger partial charge in [-0.3, -0.25) is 4.79 Å². The summed E-state index contributed by atoms with van der Waals surface area (Å²) in [7, 11) is 0. The maximum atomic E-state index is 12.6. The third kappa shape index (κ3) is 4.94. The number of hydrogen-bond donors (Lipinski definition) is 1. The topological polar surface area (TPSA) is 35.6 Å². The average Bonchev–Trinajstić information content (AvgIpc) is 2.51. The lowest BCUT2D eigenvalue weighted by molar-refractivity contribution is -0.131. The van der Waals surface area contributed by atoms with Crippen molar-refractivity contribution in [3.63, 3.8) is 0 Å². The van der Waals surface area contributed by atoms with E-state index in [1.165, 1.54) is 0 Å². The minimum atomic E-state index is 0.0276. The van der Waals surface area contributed by atoms with Gasteiger partial charge in [0, 0.05) is 37.6 Å². The molecular formula is C19H29N3OS. The highest BCUT2D eigenvalue weighted by Gasteiger charge is 2.33. The van der Waals surface area contributed by atoms with Crippen molar-refractivity contribution in [1.29, 1.82) is 0 Å². The molecule has 0 spiro atoms. The van der Waals surface area contributed by atoms with Gasteiger partial charge in [0.2, 0.25) is 5.91 Å². The summed E-state index contributed by atoms with van der Waals surface area (Å²) in [5.41, 5.74) is 1.19. The zero-order chi connectivity index (χ0) is 17.7. The Morgan fingerprint density at radius 3 is 2.62 bits per heavy atom. The number of carbonyl (C=O) groups is 1. The van der Waals surface area contributed by atoms with Gasteiger partial charge in [-0.1, -0.05) is 30.3 Å². The number of hydrogen-bond acceptors (Lipinski definition) is 2. The first-order valence-electron chi connectivity index (χ1n) is 8.73. The summed E-state index contributed by atoms with van der Waals surface area (Å²) in [5, 5.41) is 4.14. The second-order valence-corrected chi connectivity index (χ2v) is 7.59. The Balaban J connectivity index is 1.90. The van der Waals surface area contributed by atoms with Crippen LogP contribution in [0.2, 0.25) is 0 Å². The van der Waals surface area contributed by atoms with Gasteiger partial charge >= 0.3 is 0 Å². The number of amides is 1. The Kier molecular flexibility index (Phi) is 6.21. The molecule has 1 atom stereocenters. The van der Waals surface area contributed by atoms with Crippen LogP contribution in [0.5, 0.6) is 0 Å². The minimum Gasteiger partial charge on any atom is -0.358 e. The van der Waals surface area contributed by atoms with Crippen molar-refractivity contribution in [2.24, 2.45) is 0 Å². The number of carbonyl (C=O) groups excluding carboxylic acids is 1. The lowest BCUT2D eigenvalue weighted by atomic mass is 9.93. The van der Waals surface area contributed by atoms with Gasteiger partial charge in [0.1, 0.15) is 0 Å². The largest absolute Gasteiger partial charge is 0.358 e. The summed E-state index contributed by atoms with van der Waals surface area (Å²) >= 11 is 5.49. The van der Waals surface area contributed by atoms with E-state index in [1.807, 2.05) is 30.0 Å². The average molecular weight is 348 g/mol. The standard InChI is InChI=1S/C19H29N3OS/c1-5-21(14-16-9-7-6-8-10-16)17(23)11-12-22-15(2)13-19(3,4)20-18(22)24/h6-10,15H,5,11-14H2,1-4H3,(H,20,24)/t15-/m0/s1. The SMILES string of the molecule is CCN(Cc1ccccc1)C(=O)CCN1C(=S)NC(C)(C)C[C@@H]1C. The first-order chi connectivity index (χ1) is 11.3. The zero-order valence-electron chi connectivity index (χ0n) is 15.2. The van der Waals surface area contributed by atoms with E-state index in [9.17, 15) is 4.79 Å². The lowest BCUT2D eigenvalue weighted by Crippen LogP contribution is -2.60. The number of nitrogens with one attached hydrogen (secondary N) is 1. The normalized spacial score (nSPS) is 19.8. The number of thiocarbonyl (C=S) groups is 1. The Bertz CT molecular complexity index is 573. The van der Waals surface area contributed by atoms with E-state index < -0.39 is 0 Å². The molecule has 0 radical (unpaired) electrons. The van der Waals surface area contributed by atoms with Crippen LogP contribution in [0.25, 0.3) is 0 Å². The van der Waals surface area contributed by atoms with Crippen molar-refractivity contribution in [2.45, 2.75) is 58.7 Å².